The van der Waals surface area contributed by atoms with Crippen molar-refractivity contribution >= 4 is 26.7 Å². The van der Waals surface area contributed by atoms with E-state index in [1.54, 1.807) is 0 Å². The maximum atomic E-state index is 5.76. The maximum Gasteiger partial charge on any atom is 0.181 e. The van der Waals surface area contributed by atoms with Crippen LogP contribution in [0.25, 0.3) is 10.2 Å². The van der Waals surface area contributed by atoms with E-state index >= 15 is 0 Å². The summed E-state index contributed by atoms with van der Waals surface area (Å²) >= 11 is 1.50. The van der Waals surface area contributed by atoms with Gasteiger partial charge in [-0.3, -0.25) is 0 Å². The molecule has 2 rings (SSSR count). The lowest BCUT2D eigenvalue weighted by Gasteiger charge is -2.03. The van der Waals surface area contributed by atoms with Gasteiger partial charge in [-0.15, -0.1) is 0 Å². The van der Waals surface area contributed by atoms with E-state index in [-0.39, 0.29) is 6.04 Å². The third-order valence-corrected chi connectivity index (χ3v) is 2.82. The van der Waals surface area contributed by atoms with Crippen LogP contribution in [0.2, 0.25) is 0 Å². The Labute approximate surface area is 80.4 Å². The number of hydrogen-bond acceptors (Lipinski definition) is 4. The van der Waals surface area contributed by atoms with Gasteiger partial charge < -0.3 is 11.5 Å². The molecule has 0 saturated carbocycles. The molecule has 0 fully saturated rings. The van der Waals surface area contributed by atoms with Gasteiger partial charge in [0.2, 0.25) is 0 Å². The molecule has 1 aromatic carbocycles. The number of benzene rings is 1. The normalized spacial score (nSPS) is 13.4. The number of hydrogen-bond donors (Lipinski definition) is 2. The Morgan fingerprint density at radius 1 is 1.46 bits per heavy atom. The highest BCUT2D eigenvalue weighted by atomic mass is 32.1. The molecule has 0 aliphatic carbocycles. The zero-order valence-corrected chi connectivity index (χ0v) is 8.14. The monoisotopic (exact) mass is 193 g/mol. The van der Waals surface area contributed by atoms with Crippen LogP contribution in [0, 0.1) is 0 Å². The first-order chi connectivity index (χ1) is 6.16. The second-order valence-corrected chi connectivity index (χ2v) is 4.13. The van der Waals surface area contributed by atoms with Crippen molar-refractivity contribution in [3.8, 4) is 0 Å². The van der Waals surface area contributed by atoms with Gasteiger partial charge in [0.25, 0.3) is 0 Å². The van der Waals surface area contributed by atoms with Crippen LogP contribution in [-0.2, 0) is 0 Å². The molecule has 68 valence electrons. The van der Waals surface area contributed by atoms with Gasteiger partial charge in [0.05, 0.1) is 10.2 Å². The SMILES string of the molecule is CC(N)c1ccc2sc(N)nc2c1. The quantitative estimate of drug-likeness (QED) is 0.727. The van der Waals surface area contributed by atoms with Gasteiger partial charge in [-0.25, -0.2) is 4.98 Å². The summed E-state index contributed by atoms with van der Waals surface area (Å²) in [7, 11) is 0. The third kappa shape index (κ3) is 1.50. The van der Waals surface area contributed by atoms with Crippen LogP contribution < -0.4 is 11.5 Å². The summed E-state index contributed by atoms with van der Waals surface area (Å²) in [6.07, 6.45) is 0. The molecular weight excluding hydrogens is 182 g/mol. The lowest BCUT2D eigenvalue weighted by molar-refractivity contribution is 0.820. The molecule has 4 heteroatoms. The molecule has 4 N–H and O–H groups in total. The number of fused-ring (bicyclic) bond motifs is 1. The summed E-state index contributed by atoms with van der Waals surface area (Å²) in [5, 5.41) is 0.608. The Balaban J connectivity index is 2.61. The third-order valence-electron chi connectivity index (χ3n) is 1.95. The first-order valence-corrected chi connectivity index (χ1v) is 4.90. The fourth-order valence-corrected chi connectivity index (χ4v) is 1.96. The predicted molar refractivity (Wildman–Crippen MR) is 56.6 cm³/mol. The first kappa shape index (κ1) is 8.47. The van der Waals surface area contributed by atoms with E-state index in [1.165, 1.54) is 11.3 Å². The molecule has 0 spiro atoms. The van der Waals surface area contributed by atoms with Crippen molar-refractivity contribution in [2.24, 2.45) is 5.73 Å². The summed E-state index contributed by atoms with van der Waals surface area (Å²) < 4.78 is 1.11. The molecule has 1 atom stereocenters. The van der Waals surface area contributed by atoms with Crippen molar-refractivity contribution in [1.82, 2.24) is 4.98 Å². The fourth-order valence-electron chi connectivity index (χ4n) is 1.25. The van der Waals surface area contributed by atoms with E-state index in [0.717, 1.165) is 15.8 Å². The summed E-state index contributed by atoms with van der Waals surface area (Å²) in [4.78, 5) is 4.20. The summed E-state index contributed by atoms with van der Waals surface area (Å²) in [6.45, 7) is 1.96. The zero-order chi connectivity index (χ0) is 9.42. The number of nitrogens with zero attached hydrogens (tertiary/aromatic N) is 1. The largest absolute Gasteiger partial charge is 0.375 e. The average Bonchev–Trinajstić information content (AvgIpc) is 2.42. The van der Waals surface area contributed by atoms with Crippen LogP contribution in [0.1, 0.15) is 18.5 Å². The average molecular weight is 193 g/mol. The molecule has 0 aliphatic rings. The zero-order valence-electron chi connectivity index (χ0n) is 7.32. The van der Waals surface area contributed by atoms with Crippen LogP contribution in [0.5, 0.6) is 0 Å². The molecule has 3 nitrogen and oxygen atoms in total. The van der Waals surface area contributed by atoms with E-state index < -0.39 is 0 Å². The Hall–Kier alpha value is -1.13. The Kier molecular flexibility index (Phi) is 1.94. The van der Waals surface area contributed by atoms with Gasteiger partial charge in [-0.2, -0.15) is 0 Å². The fraction of sp³-hybridized carbons (Fsp3) is 0.222. The number of nitrogen functional groups attached to an aromatic ring is 1. The first-order valence-electron chi connectivity index (χ1n) is 4.08. The summed E-state index contributed by atoms with van der Waals surface area (Å²) in [5.41, 5.74) is 13.4. The van der Waals surface area contributed by atoms with E-state index in [2.05, 4.69) is 4.98 Å². The van der Waals surface area contributed by atoms with Crippen molar-refractivity contribution in [3.05, 3.63) is 23.8 Å². The number of thiazole rings is 1. The molecule has 0 saturated heterocycles. The smallest absolute Gasteiger partial charge is 0.181 e. The molecule has 0 amide bonds. The highest BCUT2D eigenvalue weighted by molar-refractivity contribution is 7.22. The van der Waals surface area contributed by atoms with Crippen molar-refractivity contribution in [2.75, 3.05) is 5.73 Å². The molecular formula is C9H11N3S. The standard InChI is InChI=1S/C9H11N3S/c1-5(10)6-2-3-8-7(4-6)12-9(11)13-8/h2-5H,10H2,1H3,(H2,11,12). The second-order valence-electron chi connectivity index (χ2n) is 3.07. The van der Waals surface area contributed by atoms with E-state index in [1.807, 2.05) is 25.1 Å². The van der Waals surface area contributed by atoms with Crippen LogP contribution in [0.15, 0.2) is 18.2 Å². The molecule has 0 bridgehead atoms. The summed E-state index contributed by atoms with van der Waals surface area (Å²) in [5.74, 6) is 0. The second kappa shape index (κ2) is 2.97. The highest BCUT2D eigenvalue weighted by Crippen LogP contribution is 2.25. The minimum Gasteiger partial charge on any atom is -0.375 e. The lowest BCUT2D eigenvalue weighted by atomic mass is 10.1. The molecule has 0 radical (unpaired) electrons. The van der Waals surface area contributed by atoms with E-state index in [9.17, 15) is 0 Å². The Morgan fingerprint density at radius 3 is 2.92 bits per heavy atom. The van der Waals surface area contributed by atoms with Crippen LogP contribution in [-0.4, -0.2) is 4.98 Å². The van der Waals surface area contributed by atoms with E-state index in [0.29, 0.717) is 5.13 Å². The highest BCUT2D eigenvalue weighted by Gasteiger charge is 2.04. The summed E-state index contributed by atoms with van der Waals surface area (Å²) in [6, 6.07) is 6.08. The van der Waals surface area contributed by atoms with Gasteiger partial charge in [-0.05, 0) is 24.6 Å². The van der Waals surface area contributed by atoms with Crippen LogP contribution in [0.3, 0.4) is 0 Å². The van der Waals surface area contributed by atoms with E-state index in [4.69, 9.17) is 11.5 Å². The van der Waals surface area contributed by atoms with Gasteiger partial charge in [0.15, 0.2) is 5.13 Å². The van der Waals surface area contributed by atoms with Crippen molar-refractivity contribution < 1.29 is 0 Å². The van der Waals surface area contributed by atoms with Crippen molar-refractivity contribution in [2.45, 2.75) is 13.0 Å². The van der Waals surface area contributed by atoms with Gasteiger partial charge in [0.1, 0.15) is 0 Å². The molecule has 2 aromatic rings. The Bertz CT molecular complexity index is 433. The number of nitrogens with two attached hydrogens (primary N) is 2. The van der Waals surface area contributed by atoms with Crippen molar-refractivity contribution in [3.63, 3.8) is 0 Å². The lowest BCUT2D eigenvalue weighted by Crippen LogP contribution is -2.04. The van der Waals surface area contributed by atoms with Crippen LogP contribution >= 0.6 is 11.3 Å². The molecule has 0 aliphatic heterocycles. The minimum atomic E-state index is 0.0484. The molecule has 1 unspecified atom stereocenters. The van der Waals surface area contributed by atoms with Gasteiger partial charge in [-0.1, -0.05) is 17.4 Å². The molecule has 1 aromatic heterocycles. The maximum absolute atomic E-state index is 5.76. The van der Waals surface area contributed by atoms with Gasteiger partial charge in [0, 0.05) is 6.04 Å². The molecule has 13 heavy (non-hydrogen) atoms. The molecule has 1 heterocycles. The Morgan fingerprint density at radius 2 is 2.23 bits per heavy atom. The van der Waals surface area contributed by atoms with Crippen molar-refractivity contribution in [1.29, 1.82) is 0 Å². The number of anilines is 1. The van der Waals surface area contributed by atoms with Crippen LogP contribution in [0.4, 0.5) is 5.13 Å². The predicted octanol–water partition coefficient (Wildman–Crippen LogP) is 1.90. The minimum absolute atomic E-state index is 0.0484. The van der Waals surface area contributed by atoms with Gasteiger partial charge >= 0.3 is 0 Å². The number of aromatic nitrogens is 1. The number of rotatable bonds is 1. The topological polar surface area (TPSA) is 64.9 Å².